The summed E-state index contributed by atoms with van der Waals surface area (Å²) in [7, 11) is 0. The highest BCUT2D eigenvalue weighted by molar-refractivity contribution is 5.36. The van der Waals surface area contributed by atoms with E-state index < -0.39 is 11.2 Å². The lowest BCUT2D eigenvalue weighted by Gasteiger charge is -2.23. The van der Waals surface area contributed by atoms with E-state index in [-0.39, 0.29) is 6.61 Å². The number of unbranched alkanes of at least 4 members (excludes halogenated alkanes) is 1. The predicted molar refractivity (Wildman–Crippen MR) is 66.5 cm³/mol. The van der Waals surface area contributed by atoms with E-state index in [1.54, 1.807) is 0 Å². The highest BCUT2D eigenvalue weighted by Gasteiger charge is 2.07. The van der Waals surface area contributed by atoms with Crippen LogP contribution in [0, 0.1) is 0 Å². The van der Waals surface area contributed by atoms with Gasteiger partial charge in [-0.15, -0.1) is 0 Å². The molecule has 1 rings (SSSR count). The fourth-order valence-electron chi connectivity index (χ4n) is 1.66. The lowest BCUT2D eigenvalue weighted by molar-refractivity contribution is 0.285. The van der Waals surface area contributed by atoms with Gasteiger partial charge >= 0.3 is 5.69 Å². The molecule has 6 nitrogen and oxygen atoms in total. The molecule has 0 saturated heterocycles. The maximum Gasteiger partial charge on any atom is 0.327 e. The van der Waals surface area contributed by atoms with Crippen LogP contribution >= 0.6 is 0 Å². The van der Waals surface area contributed by atoms with E-state index in [9.17, 15) is 9.59 Å². The van der Waals surface area contributed by atoms with Crippen molar-refractivity contribution in [3.05, 3.63) is 26.9 Å². The first-order chi connectivity index (χ1) is 8.17. The standard InChI is InChI=1S/C11H19N3O3/c1-2-5-14(6-3-4-7-15)9-8-10(16)13-11(17)12-9/h8,15H,2-7H2,1H3,(H2,12,13,16,17). The molecule has 1 heterocycles. The number of nitrogens with one attached hydrogen (secondary N) is 2. The Bertz CT molecular complexity index is 410. The summed E-state index contributed by atoms with van der Waals surface area (Å²) in [6.45, 7) is 3.68. The molecule has 0 unspecified atom stereocenters. The molecule has 0 bridgehead atoms. The van der Waals surface area contributed by atoms with Crippen LogP contribution in [-0.4, -0.2) is 34.8 Å². The van der Waals surface area contributed by atoms with Crippen LogP contribution < -0.4 is 16.1 Å². The zero-order chi connectivity index (χ0) is 12.7. The van der Waals surface area contributed by atoms with E-state index in [0.29, 0.717) is 18.8 Å². The average Bonchev–Trinajstić information content (AvgIpc) is 2.27. The van der Waals surface area contributed by atoms with Gasteiger partial charge in [0.25, 0.3) is 5.56 Å². The third-order valence-electron chi connectivity index (χ3n) is 2.42. The Labute approximate surface area is 99.3 Å². The smallest absolute Gasteiger partial charge is 0.327 e. The second-order valence-electron chi connectivity index (χ2n) is 3.89. The summed E-state index contributed by atoms with van der Waals surface area (Å²) in [4.78, 5) is 29.1. The average molecular weight is 241 g/mol. The van der Waals surface area contributed by atoms with E-state index in [0.717, 1.165) is 19.4 Å². The van der Waals surface area contributed by atoms with Crippen molar-refractivity contribution in [3.8, 4) is 0 Å². The molecular formula is C11H19N3O3. The first-order valence-electron chi connectivity index (χ1n) is 5.86. The van der Waals surface area contributed by atoms with Gasteiger partial charge in [0, 0.05) is 25.8 Å². The SMILES string of the molecule is CCCN(CCCCO)c1cc(=O)[nH]c(=O)[nH]1. The Balaban J connectivity index is 2.81. The zero-order valence-corrected chi connectivity index (χ0v) is 10.0. The first-order valence-corrected chi connectivity index (χ1v) is 5.86. The molecule has 6 heteroatoms. The van der Waals surface area contributed by atoms with Gasteiger partial charge < -0.3 is 10.0 Å². The number of rotatable bonds is 7. The summed E-state index contributed by atoms with van der Waals surface area (Å²) in [6.07, 6.45) is 2.47. The molecule has 0 saturated carbocycles. The number of aliphatic hydroxyl groups is 1. The van der Waals surface area contributed by atoms with Gasteiger partial charge in [-0.05, 0) is 19.3 Å². The molecule has 0 spiro atoms. The van der Waals surface area contributed by atoms with Crippen molar-refractivity contribution < 1.29 is 5.11 Å². The number of aliphatic hydroxyl groups excluding tert-OH is 1. The van der Waals surface area contributed by atoms with Crippen molar-refractivity contribution >= 4 is 5.82 Å². The van der Waals surface area contributed by atoms with Gasteiger partial charge in [0.1, 0.15) is 5.82 Å². The van der Waals surface area contributed by atoms with Crippen LogP contribution in [0.15, 0.2) is 15.7 Å². The van der Waals surface area contributed by atoms with Crippen molar-refractivity contribution in [1.29, 1.82) is 0 Å². The van der Waals surface area contributed by atoms with E-state index in [4.69, 9.17) is 5.11 Å². The van der Waals surface area contributed by atoms with Crippen molar-refractivity contribution in [2.24, 2.45) is 0 Å². The Morgan fingerprint density at radius 2 is 2.00 bits per heavy atom. The second-order valence-corrected chi connectivity index (χ2v) is 3.89. The Morgan fingerprint density at radius 3 is 2.59 bits per heavy atom. The van der Waals surface area contributed by atoms with Crippen LogP contribution in [0.4, 0.5) is 5.82 Å². The van der Waals surface area contributed by atoms with Crippen LogP contribution in [0.5, 0.6) is 0 Å². The van der Waals surface area contributed by atoms with E-state index in [1.165, 1.54) is 6.07 Å². The van der Waals surface area contributed by atoms with Gasteiger partial charge in [0.2, 0.25) is 0 Å². The van der Waals surface area contributed by atoms with Gasteiger partial charge in [-0.1, -0.05) is 6.92 Å². The lowest BCUT2D eigenvalue weighted by Crippen LogP contribution is -2.31. The van der Waals surface area contributed by atoms with Gasteiger partial charge in [-0.3, -0.25) is 14.8 Å². The number of aromatic amines is 2. The minimum Gasteiger partial charge on any atom is -0.396 e. The van der Waals surface area contributed by atoms with Gasteiger partial charge in [-0.2, -0.15) is 0 Å². The Morgan fingerprint density at radius 1 is 1.24 bits per heavy atom. The summed E-state index contributed by atoms with van der Waals surface area (Å²) in [6, 6.07) is 1.38. The van der Waals surface area contributed by atoms with Gasteiger partial charge in [0.15, 0.2) is 0 Å². The highest BCUT2D eigenvalue weighted by atomic mass is 16.3. The zero-order valence-electron chi connectivity index (χ0n) is 10.0. The summed E-state index contributed by atoms with van der Waals surface area (Å²) >= 11 is 0. The minimum atomic E-state index is -0.490. The third kappa shape index (κ3) is 4.44. The number of hydrogen-bond donors (Lipinski definition) is 3. The second kappa shape index (κ2) is 6.90. The van der Waals surface area contributed by atoms with Gasteiger partial charge in [0.05, 0.1) is 0 Å². The van der Waals surface area contributed by atoms with Crippen molar-refractivity contribution in [3.63, 3.8) is 0 Å². The molecule has 0 aliphatic rings. The molecule has 17 heavy (non-hydrogen) atoms. The molecule has 0 radical (unpaired) electrons. The van der Waals surface area contributed by atoms with Gasteiger partial charge in [-0.25, -0.2) is 4.79 Å². The topological polar surface area (TPSA) is 89.2 Å². The molecule has 3 N–H and O–H groups in total. The molecule has 0 atom stereocenters. The predicted octanol–water partition coefficient (Wildman–Crippen LogP) is 0.0521. The van der Waals surface area contributed by atoms with E-state index in [1.807, 2.05) is 11.8 Å². The summed E-state index contributed by atoms with van der Waals surface area (Å²) in [5.74, 6) is 0.540. The van der Waals surface area contributed by atoms with Crippen LogP contribution in [-0.2, 0) is 0 Å². The summed E-state index contributed by atoms with van der Waals surface area (Å²) < 4.78 is 0. The monoisotopic (exact) mass is 241 g/mol. The minimum absolute atomic E-state index is 0.159. The van der Waals surface area contributed by atoms with Crippen LogP contribution in [0.2, 0.25) is 0 Å². The molecule has 0 amide bonds. The largest absolute Gasteiger partial charge is 0.396 e. The van der Waals surface area contributed by atoms with E-state index >= 15 is 0 Å². The van der Waals surface area contributed by atoms with Crippen LogP contribution in [0.3, 0.4) is 0 Å². The quantitative estimate of drug-likeness (QED) is 0.588. The number of anilines is 1. The summed E-state index contributed by atoms with van der Waals surface area (Å²) in [5, 5.41) is 8.74. The summed E-state index contributed by atoms with van der Waals surface area (Å²) in [5.41, 5.74) is -0.886. The maximum absolute atomic E-state index is 11.2. The lowest BCUT2D eigenvalue weighted by atomic mass is 10.3. The highest BCUT2D eigenvalue weighted by Crippen LogP contribution is 2.07. The molecule has 0 fully saturated rings. The Hall–Kier alpha value is -1.56. The first kappa shape index (κ1) is 13.5. The molecule has 0 aliphatic heterocycles. The number of hydrogen-bond acceptors (Lipinski definition) is 4. The van der Waals surface area contributed by atoms with Crippen molar-refractivity contribution in [2.75, 3.05) is 24.6 Å². The Kier molecular flexibility index (Phi) is 5.48. The third-order valence-corrected chi connectivity index (χ3v) is 2.42. The van der Waals surface area contributed by atoms with Crippen molar-refractivity contribution in [1.82, 2.24) is 9.97 Å². The molecule has 1 aromatic rings. The number of aromatic nitrogens is 2. The van der Waals surface area contributed by atoms with E-state index in [2.05, 4.69) is 9.97 Å². The molecule has 0 aliphatic carbocycles. The maximum atomic E-state index is 11.2. The molecule has 96 valence electrons. The fourth-order valence-corrected chi connectivity index (χ4v) is 1.66. The normalized spacial score (nSPS) is 10.5. The fraction of sp³-hybridized carbons (Fsp3) is 0.636. The molecule has 1 aromatic heterocycles. The van der Waals surface area contributed by atoms with Crippen LogP contribution in [0.25, 0.3) is 0 Å². The number of H-pyrrole nitrogens is 2. The molecular weight excluding hydrogens is 222 g/mol. The molecule has 0 aromatic carbocycles. The van der Waals surface area contributed by atoms with Crippen LogP contribution in [0.1, 0.15) is 26.2 Å². The number of nitrogens with zero attached hydrogens (tertiary/aromatic N) is 1. The van der Waals surface area contributed by atoms with Crippen molar-refractivity contribution in [2.45, 2.75) is 26.2 Å².